The Kier molecular flexibility index (Phi) is 7.80. The zero-order chi connectivity index (χ0) is 21.6. The maximum absolute atomic E-state index is 13.5. The monoisotopic (exact) mass is 424 g/mol. The molecule has 0 amide bonds. The van der Waals surface area contributed by atoms with Crippen molar-refractivity contribution < 1.29 is 8.78 Å². The molecule has 0 heterocycles. The summed E-state index contributed by atoms with van der Waals surface area (Å²) in [5, 5.41) is 0. The highest BCUT2D eigenvalue weighted by Crippen LogP contribution is 2.48. The van der Waals surface area contributed by atoms with Gasteiger partial charge in [-0.3, -0.25) is 0 Å². The second-order valence-electron chi connectivity index (χ2n) is 10.2. The fourth-order valence-electron chi connectivity index (χ4n) is 6.26. The lowest BCUT2D eigenvalue weighted by Gasteiger charge is -2.42. The minimum absolute atomic E-state index is 0.519. The standard InChI is InChI=1S/C29H38F2/c1-2-3-4-5-6-7-21-8-9-26-17-25(15-14-24(26)16-21)22-10-12-23(13-11-22)27-18-28(30)20-29(31)19-27/h10-13,18-21,24-26H,2-9,14-17H2,1H3/t21?,24-,25-,26-/m1/s1. The van der Waals surface area contributed by atoms with E-state index < -0.39 is 11.6 Å². The van der Waals surface area contributed by atoms with E-state index in [0.29, 0.717) is 11.5 Å². The van der Waals surface area contributed by atoms with Crippen molar-refractivity contribution in [2.75, 3.05) is 0 Å². The first-order valence-electron chi connectivity index (χ1n) is 12.7. The highest BCUT2D eigenvalue weighted by molar-refractivity contribution is 5.63. The molecule has 0 radical (unpaired) electrons. The summed E-state index contributed by atoms with van der Waals surface area (Å²) in [6, 6.07) is 12.2. The van der Waals surface area contributed by atoms with Crippen LogP contribution in [0.1, 0.15) is 95.5 Å². The molecule has 2 aromatic rings. The Balaban J connectivity index is 1.29. The lowest BCUT2D eigenvalue weighted by atomic mass is 9.63. The summed E-state index contributed by atoms with van der Waals surface area (Å²) in [5.41, 5.74) is 2.90. The summed E-state index contributed by atoms with van der Waals surface area (Å²) >= 11 is 0. The van der Waals surface area contributed by atoms with Crippen LogP contribution in [-0.2, 0) is 0 Å². The molecule has 2 saturated carbocycles. The smallest absolute Gasteiger partial charge is 0.126 e. The summed E-state index contributed by atoms with van der Waals surface area (Å²) in [7, 11) is 0. The average Bonchev–Trinajstić information content (AvgIpc) is 2.78. The molecule has 0 nitrogen and oxygen atoms in total. The highest BCUT2D eigenvalue weighted by atomic mass is 19.1. The van der Waals surface area contributed by atoms with Crippen molar-refractivity contribution in [3.8, 4) is 11.1 Å². The van der Waals surface area contributed by atoms with E-state index in [1.165, 1.54) is 94.7 Å². The largest absolute Gasteiger partial charge is 0.207 e. The minimum atomic E-state index is -0.519. The lowest BCUT2D eigenvalue weighted by Crippen LogP contribution is -2.30. The predicted octanol–water partition coefficient (Wildman–Crippen LogP) is 9.29. The van der Waals surface area contributed by atoms with E-state index in [-0.39, 0.29) is 0 Å². The Hall–Kier alpha value is -1.70. The molecule has 0 spiro atoms. The van der Waals surface area contributed by atoms with Gasteiger partial charge >= 0.3 is 0 Å². The third kappa shape index (κ3) is 5.96. The number of halogens is 2. The van der Waals surface area contributed by atoms with Crippen molar-refractivity contribution >= 4 is 0 Å². The van der Waals surface area contributed by atoms with E-state index in [4.69, 9.17) is 0 Å². The number of fused-ring (bicyclic) bond motifs is 1. The average molecular weight is 425 g/mol. The maximum Gasteiger partial charge on any atom is 0.126 e. The Morgan fingerprint density at radius 3 is 2.13 bits per heavy atom. The van der Waals surface area contributed by atoms with Crippen LogP contribution < -0.4 is 0 Å². The van der Waals surface area contributed by atoms with Gasteiger partial charge in [-0.15, -0.1) is 0 Å². The molecule has 0 saturated heterocycles. The second kappa shape index (κ2) is 10.7. The van der Waals surface area contributed by atoms with Gasteiger partial charge < -0.3 is 0 Å². The van der Waals surface area contributed by atoms with E-state index in [0.717, 1.165) is 29.4 Å². The van der Waals surface area contributed by atoms with Gasteiger partial charge in [0.05, 0.1) is 0 Å². The molecule has 1 unspecified atom stereocenters. The Labute approximate surface area is 187 Å². The number of benzene rings is 2. The van der Waals surface area contributed by atoms with Gasteiger partial charge in [0.25, 0.3) is 0 Å². The number of hydrogen-bond donors (Lipinski definition) is 0. The van der Waals surface area contributed by atoms with Gasteiger partial charge in [-0.1, -0.05) is 76.1 Å². The molecule has 2 aliphatic carbocycles. The first kappa shape index (κ1) is 22.5. The molecule has 31 heavy (non-hydrogen) atoms. The van der Waals surface area contributed by atoms with Crippen molar-refractivity contribution in [1.82, 2.24) is 0 Å². The third-order valence-electron chi connectivity index (χ3n) is 8.02. The van der Waals surface area contributed by atoms with E-state index in [1.54, 1.807) is 0 Å². The lowest BCUT2D eigenvalue weighted by molar-refractivity contribution is 0.113. The van der Waals surface area contributed by atoms with Crippen molar-refractivity contribution in [2.24, 2.45) is 17.8 Å². The van der Waals surface area contributed by atoms with Gasteiger partial charge in [-0.05, 0) is 84.6 Å². The van der Waals surface area contributed by atoms with Crippen molar-refractivity contribution in [3.05, 3.63) is 59.7 Å². The molecular formula is C29H38F2. The Bertz CT molecular complexity index is 805. The molecule has 2 aliphatic rings. The summed E-state index contributed by atoms with van der Waals surface area (Å²) in [6.07, 6.45) is 16.8. The van der Waals surface area contributed by atoms with Crippen LogP contribution in [-0.4, -0.2) is 0 Å². The molecule has 2 aromatic carbocycles. The Morgan fingerprint density at radius 2 is 1.39 bits per heavy atom. The van der Waals surface area contributed by atoms with Gasteiger partial charge in [0.2, 0.25) is 0 Å². The van der Waals surface area contributed by atoms with Crippen LogP contribution in [0.2, 0.25) is 0 Å². The van der Waals surface area contributed by atoms with Crippen molar-refractivity contribution in [3.63, 3.8) is 0 Å². The highest BCUT2D eigenvalue weighted by Gasteiger charge is 2.35. The van der Waals surface area contributed by atoms with Crippen LogP contribution in [0, 0.1) is 29.4 Å². The zero-order valence-corrected chi connectivity index (χ0v) is 19.1. The molecule has 2 heteroatoms. The van der Waals surface area contributed by atoms with E-state index in [1.807, 2.05) is 12.1 Å². The Morgan fingerprint density at radius 1 is 0.710 bits per heavy atom. The topological polar surface area (TPSA) is 0 Å². The summed E-state index contributed by atoms with van der Waals surface area (Å²) in [5.74, 6) is 2.42. The molecule has 0 bridgehead atoms. The first-order valence-corrected chi connectivity index (χ1v) is 12.7. The second-order valence-corrected chi connectivity index (χ2v) is 10.2. The van der Waals surface area contributed by atoms with Crippen molar-refractivity contribution in [1.29, 1.82) is 0 Å². The summed E-state index contributed by atoms with van der Waals surface area (Å²) < 4.78 is 27.1. The fourth-order valence-corrected chi connectivity index (χ4v) is 6.26. The quantitative estimate of drug-likeness (QED) is 0.370. The van der Waals surface area contributed by atoms with Crippen LogP contribution in [0.4, 0.5) is 8.78 Å². The normalized spacial score (nSPS) is 25.9. The van der Waals surface area contributed by atoms with Crippen LogP contribution >= 0.6 is 0 Å². The van der Waals surface area contributed by atoms with Gasteiger partial charge in [-0.2, -0.15) is 0 Å². The number of unbranched alkanes of at least 4 members (excludes halogenated alkanes) is 4. The minimum Gasteiger partial charge on any atom is -0.207 e. The molecule has 4 atom stereocenters. The van der Waals surface area contributed by atoms with Crippen LogP contribution in [0.5, 0.6) is 0 Å². The maximum atomic E-state index is 13.5. The van der Waals surface area contributed by atoms with Crippen LogP contribution in [0.15, 0.2) is 42.5 Å². The van der Waals surface area contributed by atoms with Gasteiger partial charge in [0.15, 0.2) is 0 Å². The molecule has 168 valence electrons. The van der Waals surface area contributed by atoms with Crippen LogP contribution in [0.3, 0.4) is 0 Å². The number of hydrogen-bond acceptors (Lipinski definition) is 0. The summed E-state index contributed by atoms with van der Waals surface area (Å²) in [6.45, 7) is 2.29. The molecule has 0 N–H and O–H groups in total. The molecule has 2 fully saturated rings. The molecule has 0 aromatic heterocycles. The van der Waals surface area contributed by atoms with Gasteiger partial charge in [0.1, 0.15) is 11.6 Å². The zero-order valence-electron chi connectivity index (χ0n) is 19.1. The van der Waals surface area contributed by atoms with Crippen LogP contribution in [0.25, 0.3) is 11.1 Å². The molecule has 0 aliphatic heterocycles. The fraction of sp³-hybridized carbons (Fsp3) is 0.586. The summed E-state index contributed by atoms with van der Waals surface area (Å²) in [4.78, 5) is 0. The molecule has 4 rings (SSSR count). The van der Waals surface area contributed by atoms with Gasteiger partial charge in [0, 0.05) is 6.07 Å². The molecular weight excluding hydrogens is 386 g/mol. The van der Waals surface area contributed by atoms with E-state index in [2.05, 4.69) is 19.1 Å². The first-order chi connectivity index (χ1) is 15.1. The van der Waals surface area contributed by atoms with E-state index in [9.17, 15) is 8.78 Å². The van der Waals surface area contributed by atoms with Crippen molar-refractivity contribution in [2.45, 2.75) is 89.9 Å². The SMILES string of the molecule is CCCCCCCC1CC[C@@H]2C[C@H](c3ccc(-c4cc(F)cc(F)c4)cc3)CC[C@@H]2C1. The van der Waals surface area contributed by atoms with E-state index >= 15 is 0 Å². The van der Waals surface area contributed by atoms with Gasteiger partial charge in [-0.25, -0.2) is 8.78 Å². The third-order valence-corrected chi connectivity index (χ3v) is 8.02. The predicted molar refractivity (Wildman–Crippen MR) is 126 cm³/mol. The number of rotatable bonds is 8.